The van der Waals surface area contributed by atoms with Gasteiger partial charge in [-0.1, -0.05) is 0 Å². The molecule has 218 valence electrons. The van der Waals surface area contributed by atoms with Crippen LogP contribution in [0.2, 0.25) is 0 Å². The van der Waals surface area contributed by atoms with Gasteiger partial charge in [-0.25, -0.2) is 8.78 Å². The molecule has 2 amide bonds. The smallest absolute Gasteiger partial charge is 0.241 e. The van der Waals surface area contributed by atoms with Crippen molar-refractivity contribution < 1.29 is 23.1 Å². The number of nitrogens with zero attached hydrogens (tertiary/aromatic N) is 2. The Morgan fingerprint density at radius 3 is 2.54 bits per heavy atom. The SMILES string of the molecule is COC1CCC(C#N)CC1C1CC(C)NCC1C(=O)NC1NC2CN(C(=O)C3CCC(C(F)F)CC3)CC2S1. The van der Waals surface area contributed by atoms with E-state index in [2.05, 4.69) is 28.9 Å². The van der Waals surface area contributed by atoms with E-state index in [0.29, 0.717) is 51.4 Å². The molecule has 8 nitrogen and oxygen atoms in total. The second-order valence-corrected chi connectivity index (χ2v) is 13.8. The van der Waals surface area contributed by atoms with Gasteiger partial charge in [-0.3, -0.25) is 14.9 Å². The number of ether oxygens (including phenoxy) is 1. The molecule has 3 N–H and O–H groups in total. The van der Waals surface area contributed by atoms with Gasteiger partial charge >= 0.3 is 0 Å². The number of alkyl halides is 2. The van der Waals surface area contributed by atoms with Crippen LogP contribution in [0.25, 0.3) is 0 Å². The fourth-order valence-electron chi connectivity index (χ4n) is 7.78. The van der Waals surface area contributed by atoms with Crippen molar-refractivity contribution in [2.75, 3.05) is 26.7 Å². The minimum absolute atomic E-state index is 0.0201. The number of thioether (sulfide) groups is 1. The molecule has 0 aromatic heterocycles. The summed E-state index contributed by atoms with van der Waals surface area (Å²) in [5.74, 6) is -0.412. The lowest BCUT2D eigenvalue weighted by atomic mass is 9.66. The Bertz CT molecular complexity index is 915. The molecule has 5 aliphatic rings. The lowest BCUT2D eigenvalue weighted by Crippen LogP contribution is -2.55. The second kappa shape index (κ2) is 12.6. The van der Waals surface area contributed by atoms with Gasteiger partial charge in [0.1, 0.15) is 5.50 Å². The first-order valence-corrected chi connectivity index (χ1v) is 15.7. The molecule has 3 heterocycles. The molecule has 0 spiro atoms. The van der Waals surface area contributed by atoms with E-state index in [-0.39, 0.29) is 64.3 Å². The number of likely N-dealkylation sites (tertiary alicyclic amines) is 1. The summed E-state index contributed by atoms with van der Waals surface area (Å²) >= 11 is 1.67. The first-order valence-electron chi connectivity index (χ1n) is 14.7. The molecule has 11 heteroatoms. The maximum atomic E-state index is 13.6. The number of amides is 2. The summed E-state index contributed by atoms with van der Waals surface area (Å²) in [6.07, 6.45) is 3.11. The fraction of sp³-hybridized carbons (Fsp3) is 0.893. The number of methoxy groups -OCH3 is 1. The van der Waals surface area contributed by atoms with Crippen molar-refractivity contribution in [3.05, 3.63) is 0 Å². The first kappa shape index (κ1) is 29.0. The highest BCUT2D eigenvalue weighted by Gasteiger charge is 2.47. The molecule has 3 aliphatic heterocycles. The second-order valence-electron chi connectivity index (χ2n) is 12.4. The molecule has 2 aliphatic carbocycles. The van der Waals surface area contributed by atoms with Crippen molar-refractivity contribution in [2.24, 2.45) is 35.5 Å². The fourth-order valence-corrected chi connectivity index (χ4v) is 9.19. The van der Waals surface area contributed by atoms with E-state index in [4.69, 9.17) is 4.74 Å². The van der Waals surface area contributed by atoms with Crippen LogP contribution in [0.4, 0.5) is 8.78 Å². The monoisotopic (exact) mass is 567 g/mol. The number of carbonyl (C=O) groups is 2. The minimum Gasteiger partial charge on any atom is -0.381 e. The van der Waals surface area contributed by atoms with Crippen LogP contribution < -0.4 is 16.0 Å². The van der Waals surface area contributed by atoms with Gasteiger partial charge in [0.2, 0.25) is 18.2 Å². The normalized spacial score (nSPS) is 42.7. The Kier molecular flexibility index (Phi) is 9.36. The number of piperidine rings is 1. The molecular formula is C28H43F2N5O3S. The maximum absolute atomic E-state index is 13.6. The summed E-state index contributed by atoms with van der Waals surface area (Å²) < 4.78 is 31.8. The Hall–Kier alpha value is -1.48. The van der Waals surface area contributed by atoms with E-state index < -0.39 is 12.3 Å². The predicted molar refractivity (Wildman–Crippen MR) is 145 cm³/mol. The molecule has 5 rings (SSSR count). The van der Waals surface area contributed by atoms with Gasteiger partial charge in [0.25, 0.3) is 0 Å². The summed E-state index contributed by atoms with van der Waals surface area (Å²) in [5, 5.41) is 20.0. The van der Waals surface area contributed by atoms with Crippen LogP contribution in [0.15, 0.2) is 0 Å². The number of nitrogens with one attached hydrogen (secondary N) is 3. The molecule has 0 aromatic carbocycles. The van der Waals surface area contributed by atoms with Crippen molar-refractivity contribution >= 4 is 23.6 Å². The molecule has 0 bridgehead atoms. The summed E-state index contributed by atoms with van der Waals surface area (Å²) in [6, 6.07) is 2.87. The number of nitriles is 1. The molecule has 2 saturated carbocycles. The van der Waals surface area contributed by atoms with Gasteiger partial charge in [-0.2, -0.15) is 5.26 Å². The third-order valence-electron chi connectivity index (χ3n) is 10.0. The van der Waals surface area contributed by atoms with Crippen molar-refractivity contribution in [3.8, 4) is 6.07 Å². The minimum atomic E-state index is -2.29. The average Bonchev–Trinajstić information content (AvgIpc) is 3.51. The maximum Gasteiger partial charge on any atom is 0.241 e. The lowest BCUT2D eigenvalue weighted by molar-refractivity contribution is -0.136. The van der Waals surface area contributed by atoms with Crippen LogP contribution in [0.3, 0.4) is 0 Å². The number of fused-ring (bicyclic) bond motifs is 1. The Morgan fingerprint density at radius 1 is 1.10 bits per heavy atom. The van der Waals surface area contributed by atoms with E-state index >= 15 is 0 Å². The summed E-state index contributed by atoms with van der Waals surface area (Å²) in [4.78, 5) is 28.6. The highest BCUT2D eigenvalue weighted by molar-refractivity contribution is 8.00. The van der Waals surface area contributed by atoms with Crippen LogP contribution in [-0.2, 0) is 14.3 Å². The lowest BCUT2D eigenvalue weighted by Gasteiger charge is -2.44. The van der Waals surface area contributed by atoms with Crippen LogP contribution in [-0.4, -0.2) is 78.8 Å². The number of hydrogen-bond acceptors (Lipinski definition) is 7. The number of halogens is 2. The van der Waals surface area contributed by atoms with Crippen molar-refractivity contribution in [2.45, 2.75) is 93.7 Å². The third kappa shape index (κ3) is 6.39. The van der Waals surface area contributed by atoms with E-state index in [1.807, 2.05) is 4.90 Å². The summed E-state index contributed by atoms with van der Waals surface area (Å²) in [5.41, 5.74) is -0.206. The Balaban J connectivity index is 1.14. The number of rotatable bonds is 6. The van der Waals surface area contributed by atoms with Gasteiger partial charge < -0.3 is 20.3 Å². The van der Waals surface area contributed by atoms with Crippen LogP contribution in [0.1, 0.15) is 58.3 Å². The quantitative estimate of drug-likeness (QED) is 0.453. The van der Waals surface area contributed by atoms with Crippen molar-refractivity contribution in [1.82, 2.24) is 20.9 Å². The van der Waals surface area contributed by atoms with Crippen LogP contribution in [0.5, 0.6) is 0 Å². The van der Waals surface area contributed by atoms with Gasteiger partial charge in [-0.05, 0) is 70.1 Å². The molecule has 9 atom stereocenters. The van der Waals surface area contributed by atoms with Crippen LogP contribution >= 0.6 is 11.8 Å². The van der Waals surface area contributed by atoms with Crippen molar-refractivity contribution in [3.63, 3.8) is 0 Å². The van der Waals surface area contributed by atoms with E-state index in [1.54, 1.807) is 18.9 Å². The molecule has 0 radical (unpaired) electrons. The van der Waals surface area contributed by atoms with Gasteiger partial charge in [0.05, 0.1) is 18.1 Å². The summed E-state index contributed by atoms with van der Waals surface area (Å²) in [7, 11) is 1.74. The highest BCUT2D eigenvalue weighted by atomic mass is 32.2. The molecule has 0 aromatic rings. The third-order valence-corrected chi connectivity index (χ3v) is 11.4. The highest BCUT2D eigenvalue weighted by Crippen LogP contribution is 2.42. The summed E-state index contributed by atoms with van der Waals surface area (Å²) in [6.45, 7) is 3.99. The van der Waals surface area contributed by atoms with Gasteiger partial charge in [0, 0.05) is 61.8 Å². The topological polar surface area (TPSA) is 106 Å². The Morgan fingerprint density at radius 2 is 1.87 bits per heavy atom. The van der Waals surface area contributed by atoms with E-state index in [9.17, 15) is 23.6 Å². The zero-order valence-corrected chi connectivity index (χ0v) is 23.8. The first-order chi connectivity index (χ1) is 18.8. The van der Waals surface area contributed by atoms with Gasteiger partial charge in [-0.15, -0.1) is 11.8 Å². The molecule has 3 saturated heterocycles. The standard InChI is InChI=1S/C28H43F2N5O3S/c1-15-9-19(20-10-16(11-31)3-8-23(20)38-2)21(12-32-15)26(36)34-28-33-22-13-35(14-24(22)39-28)27(37)18-6-4-17(5-7-18)25(29)30/h15-25,28,32-33H,3-10,12-14H2,1-2H3,(H,34,36). The zero-order chi connectivity index (χ0) is 27.7. The molecular weight excluding hydrogens is 524 g/mol. The molecule has 9 unspecified atom stereocenters. The van der Waals surface area contributed by atoms with E-state index in [0.717, 1.165) is 25.7 Å². The largest absolute Gasteiger partial charge is 0.381 e. The number of hydrogen-bond donors (Lipinski definition) is 3. The average molecular weight is 568 g/mol. The predicted octanol–water partition coefficient (Wildman–Crippen LogP) is 2.94. The van der Waals surface area contributed by atoms with Crippen molar-refractivity contribution in [1.29, 1.82) is 5.26 Å². The molecule has 5 fully saturated rings. The van der Waals surface area contributed by atoms with Gasteiger partial charge in [0.15, 0.2) is 0 Å². The number of carbonyl (C=O) groups excluding carboxylic acids is 2. The van der Waals surface area contributed by atoms with E-state index in [1.165, 1.54) is 0 Å². The zero-order valence-electron chi connectivity index (χ0n) is 23.0. The Labute approximate surface area is 234 Å². The molecule has 39 heavy (non-hydrogen) atoms. The van der Waals surface area contributed by atoms with Crippen LogP contribution in [0, 0.1) is 46.8 Å².